The van der Waals surface area contributed by atoms with Crippen LogP contribution in [0.1, 0.15) is 38.8 Å². The van der Waals surface area contributed by atoms with E-state index in [-0.39, 0.29) is 0 Å². The first-order chi connectivity index (χ1) is 9.25. The summed E-state index contributed by atoms with van der Waals surface area (Å²) in [4.78, 5) is 2.61. The lowest BCUT2D eigenvalue weighted by Gasteiger charge is -2.26. The van der Waals surface area contributed by atoms with Gasteiger partial charge in [-0.2, -0.15) is 0 Å². The molecule has 0 saturated carbocycles. The van der Waals surface area contributed by atoms with Crippen molar-refractivity contribution < 1.29 is 0 Å². The molecule has 0 spiro atoms. The van der Waals surface area contributed by atoms with Crippen LogP contribution in [0.2, 0.25) is 0 Å². The van der Waals surface area contributed by atoms with Gasteiger partial charge < -0.3 is 14.8 Å². The highest BCUT2D eigenvalue weighted by molar-refractivity contribution is 5.07. The molecule has 0 unspecified atom stereocenters. The maximum absolute atomic E-state index is 3.53. The Bertz CT molecular complexity index is 351. The largest absolute Gasteiger partial charge is 0.349 e. The fourth-order valence-electron chi connectivity index (χ4n) is 2.75. The van der Waals surface area contributed by atoms with E-state index in [1.54, 1.807) is 0 Å². The molecule has 1 N–H and O–H groups in total. The van der Waals surface area contributed by atoms with Gasteiger partial charge >= 0.3 is 0 Å². The topological polar surface area (TPSA) is 20.2 Å². The number of aromatic nitrogens is 1. The lowest BCUT2D eigenvalue weighted by Crippen LogP contribution is -2.33. The first-order valence-corrected chi connectivity index (χ1v) is 7.83. The van der Waals surface area contributed by atoms with Gasteiger partial charge in [-0.1, -0.05) is 20.3 Å². The zero-order chi connectivity index (χ0) is 13.5. The van der Waals surface area contributed by atoms with Gasteiger partial charge in [-0.25, -0.2) is 0 Å². The number of piperidine rings is 1. The van der Waals surface area contributed by atoms with Gasteiger partial charge in [-0.15, -0.1) is 0 Å². The minimum Gasteiger partial charge on any atom is -0.349 e. The van der Waals surface area contributed by atoms with E-state index < -0.39 is 0 Å². The summed E-state index contributed by atoms with van der Waals surface area (Å²) in [6.45, 7) is 11.5. The fourth-order valence-corrected chi connectivity index (χ4v) is 2.75. The van der Waals surface area contributed by atoms with Gasteiger partial charge in [0.25, 0.3) is 0 Å². The first-order valence-electron chi connectivity index (χ1n) is 7.83. The number of likely N-dealkylation sites (tertiary alicyclic amines) is 1. The van der Waals surface area contributed by atoms with Crippen LogP contribution in [-0.2, 0) is 13.1 Å². The molecule has 1 aliphatic heterocycles. The molecule has 0 radical (unpaired) electrons. The Hall–Kier alpha value is -0.800. The second-order valence-electron chi connectivity index (χ2n) is 6.12. The third-order valence-electron chi connectivity index (χ3n) is 3.89. The van der Waals surface area contributed by atoms with E-state index >= 15 is 0 Å². The normalized spacial score (nSPS) is 17.2. The van der Waals surface area contributed by atoms with E-state index in [1.807, 2.05) is 0 Å². The van der Waals surface area contributed by atoms with Gasteiger partial charge in [-0.3, -0.25) is 0 Å². The van der Waals surface area contributed by atoms with Gasteiger partial charge in [0.05, 0.1) is 0 Å². The molecule has 1 aromatic rings. The summed E-state index contributed by atoms with van der Waals surface area (Å²) in [5, 5.41) is 3.53. The minimum absolute atomic E-state index is 0.719. The van der Waals surface area contributed by atoms with E-state index in [1.165, 1.54) is 44.6 Å². The zero-order valence-corrected chi connectivity index (χ0v) is 12.6. The Morgan fingerprint density at radius 3 is 2.68 bits per heavy atom. The van der Waals surface area contributed by atoms with Crippen molar-refractivity contribution in [3.05, 3.63) is 24.0 Å². The molecule has 3 nitrogen and oxygen atoms in total. The van der Waals surface area contributed by atoms with Crippen molar-refractivity contribution >= 4 is 0 Å². The number of hydrogen-bond acceptors (Lipinski definition) is 2. The monoisotopic (exact) mass is 263 g/mol. The second-order valence-corrected chi connectivity index (χ2v) is 6.12. The van der Waals surface area contributed by atoms with Gasteiger partial charge in [0, 0.05) is 31.5 Å². The first kappa shape index (κ1) is 14.6. The van der Waals surface area contributed by atoms with E-state index in [0.717, 1.165) is 25.6 Å². The molecule has 1 saturated heterocycles. The molecule has 0 amide bonds. The summed E-state index contributed by atoms with van der Waals surface area (Å²) in [6.07, 6.45) is 6.41. The van der Waals surface area contributed by atoms with Crippen LogP contribution < -0.4 is 5.32 Å². The van der Waals surface area contributed by atoms with Crippen molar-refractivity contribution in [3.8, 4) is 0 Å². The zero-order valence-electron chi connectivity index (χ0n) is 12.6. The average molecular weight is 263 g/mol. The number of rotatable bonds is 7. The van der Waals surface area contributed by atoms with Gasteiger partial charge in [0.15, 0.2) is 0 Å². The molecular weight excluding hydrogens is 234 g/mol. The molecule has 0 aromatic carbocycles. The molecule has 0 aliphatic carbocycles. The Kier molecular flexibility index (Phi) is 5.93. The third-order valence-corrected chi connectivity index (χ3v) is 3.89. The van der Waals surface area contributed by atoms with Crippen LogP contribution in [0.4, 0.5) is 0 Å². The Morgan fingerprint density at radius 2 is 1.95 bits per heavy atom. The van der Waals surface area contributed by atoms with Gasteiger partial charge in [-0.05, 0) is 50.5 Å². The Balaban J connectivity index is 1.75. The maximum Gasteiger partial charge on any atom is 0.0359 e. The smallest absolute Gasteiger partial charge is 0.0359 e. The van der Waals surface area contributed by atoms with Gasteiger partial charge in [0.2, 0.25) is 0 Å². The molecule has 1 fully saturated rings. The molecule has 1 aromatic heterocycles. The molecule has 1 aliphatic rings. The van der Waals surface area contributed by atoms with Crippen molar-refractivity contribution in [2.75, 3.05) is 26.2 Å². The highest BCUT2D eigenvalue weighted by Gasteiger charge is 2.10. The lowest BCUT2D eigenvalue weighted by molar-refractivity contribution is 0.220. The molecule has 0 atom stereocenters. The maximum atomic E-state index is 3.53. The van der Waals surface area contributed by atoms with E-state index in [4.69, 9.17) is 0 Å². The van der Waals surface area contributed by atoms with E-state index in [0.29, 0.717) is 0 Å². The van der Waals surface area contributed by atoms with Crippen LogP contribution in [0.3, 0.4) is 0 Å². The SMILES string of the molecule is CC(C)CNCc1cccn1CCN1CCCCC1. The predicted octanol–water partition coefficient (Wildman–Crippen LogP) is 2.72. The number of hydrogen-bond donors (Lipinski definition) is 1. The molecule has 0 bridgehead atoms. The summed E-state index contributed by atoms with van der Waals surface area (Å²) in [5.41, 5.74) is 1.41. The highest BCUT2D eigenvalue weighted by atomic mass is 15.1. The van der Waals surface area contributed by atoms with Crippen LogP contribution in [0, 0.1) is 5.92 Å². The number of nitrogens with one attached hydrogen (secondary N) is 1. The van der Waals surface area contributed by atoms with E-state index in [9.17, 15) is 0 Å². The minimum atomic E-state index is 0.719. The van der Waals surface area contributed by atoms with Crippen molar-refractivity contribution in [1.29, 1.82) is 0 Å². The summed E-state index contributed by atoms with van der Waals surface area (Å²) in [5.74, 6) is 0.719. The predicted molar refractivity (Wildman–Crippen MR) is 81.3 cm³/mol. The van der Waals surface area contributed by atoms with Crippen LogP contribution in [0.15, 0.2) is 18.3 Å². The van der Waals surface area contributed by atoms with Crippen LogP contribution in [0.25, 0.3) is 0 Å². The van der Waals surface area contributed by atoms with Gasteiger partial charge in [0.1, 0.15) is 0 Å². The lowest BCUT2D eigenvalue weighted by atomic mass is 10.1. The molecule has 108 valence electrons. The third kappa shape index (κ3) is 5.00. The molecule has 3 heteroatoms. The second kappa shape index (κ2) is 7.71. The number of nitrogens with zero attached hydrogens (tertiary/aromatic N) is 2. The van der Waals surface area contributed by atoms with Crippen LogP contribution >= 0.6 is 0 Å². The molecule has 2 heterocycles. The Morgan fingerprint density at radius 1 is 1.16 bits per heavy atom. The van der Waals surface area contributed by atoms with Crippen LogP contribution in [0.5, 0.6) is 0 Å². The summed E-state index contributed by atoms with van der Waals surface area (Å²) in [6, 6.07) is 4.41. The summed E-state index contributed by atoms with van der Waals surface area (Å²) < 4.78 is 2.40. The van der Waals surface area contributed by atoms with Crippen molar-refractivity contribution in [1.82, 2.24) is 14.8 Å². The summed E-state index contributed by atoms with van der Waals surface area (Å²) in [7, 11) is 0. The molecule has 19 heavy (non-hydrogen) atoms. The van der Waals surface area contributed by atoms with E-state index in [2.05, 4.69) is 47.0 Å². The van der Waals surface area contributed by atoms with Crippen LogP contribution in [-0.4, -0.2) is 35.6 Å². The highest BCUT2D eigenvalue weighted by Crippen LogP contribution is 2.09. The molecule has 2 rings (SSSR count). The fraction of sp³-hybridized carbons (Fsp3) is 0.750. The average Bonchev–Trinajstić information content (AvgIpc) is 2.85. The Labute approximate surface area is 118 Å². The van der Waals surface area contributed by atoms with Crippen molar-refractivity contribution in [2.24, 2.45) is 5.92 Å². The quantitative estimate of drug-likeness (QED) is 0.816. The molecular formula is C16H29N3. The van der Waals surface area contributed by atoms with Crippen molar-refractivity contribution in [2.45, 2.75) is 46.2 Å². The standard InChI is InChI=1S/C16H29N3/c1-15(2)13-17-14-16-7-6-10-19(16)12-11-18-8-4-3-5-9-18/h6-7,10,15,17H,3-5,8-9,11-14H2,1-2H3. The van der Waals surface area contributed by atoms with Crippen molar-refractivity contribution in [3.63, 3.8) is 0 Å². The summed E-state index contributed by atoms with van der Waals surface area (Å²) >= 11 is 0.